The molecule has 0 aromatic heterocycles. The Morgan fingerprint density at radius 2 is 1.14 bits per heavy atom. The van der Waals surface area contributed by atoms with Gasteiger partial charge in [-0.2, -0.15) is 28.6 Å². The Labute approximate surface area is 192 Å². The van der Waals surface area contributed by atoms with Crippen molar-refractivity contribution in [2.75, 3.05) is 0 Å². The Morgan fingerprint density at radius 3 is 1.64 bits per heavy atom. The van der Waals surface area contributed by atoms with Crippen molar-refractivity contribution in [1.29, 1.82) is 0 Å². The summed E-state index contributed by atoms with van der Waals surface area (Å²) in [6.07, 6.45) is 0. The van der Waals surface area contributed by atoms with E-state index in [1.165, 1.54) is 32.3 Å². The first-order valence-electron chi connectivity index (χ1n) is 8.62. The molecule has 0 atom stereocenters. The smallest absolute Gasteiger partial charge is 0.0771 e. The van der Waals surface area contributed by atoms with Crippen molar-refractivity contribution in [3.63, 3.8) is 0 Å². The quantitative estimate of drug-likeness (QED) is 0.109. The summed E-state index contributed by atoms with van der Waals surface area (Å²) in [5.74, 6) is 0. The molecule has 0 heterocycles. The zero-order chi connectivity index (χ0) is 20.2. The molecule has 0 saturated heterocycles. The number of fused-ring (bicyclic) bond motifs is 4. The number of benzene rings is 3. The van der Waals surface area contributed by atoms with Gasteiger partial charge in [-0.05, 0) is 0 Å². The molecule has 5 rings (SSSR count). The van der Waals surface area contributed by atoms with Crippen molar-refractivity contribution < 1.29 is 20.8 Å². The summed E-state index contributed by atoms with van der Waals surface area (Å²) < 4.78 is 0. The van der Waals surface area contributed by atoms with Crippen LogP contribution in [0.25, 0.3) is 32.3 Å². The van der Waals surface area contributed by atoms with Crippen molar-refractivity contribution in [3.8, 4) is 0 Å². The van der Waals surface area contributed by atoms with Gasteiger partial charge < -0.3 is 0 Å². The van der Waals surface area contributed by atoms with Crippen LogP contribution >= 0.6 is 28.1 Å². The molecule has 28 heavy (non-hydrogen) atoms. The van der Waals surface area contributed by atoms with Gasteiger partial charge in [-0.25, -0.2) is 0 Å². The molecule has 0 nitrogen and oxygen atoms in total. The van der Waals surface area contributed by atoms with Gasteiger partial charge in [-0.3, -0.25) is 0 Å². The molecule has 140 valence electrons. The molecule has 0 fully saturated rings. The van der Waals surface area contributed by atoms with E-state index < -0.39 is 20.8 Å². The van der Waals surface area contributed by atoms with E-state index in [0.717, 1.165) is 0 Å². The normalized spacial score (nSPS) is 9.43. The Bertz CT molecular complexity index is 1000. The van der Waals surface area contributed by atoms with E-state index >= 15 is 0 Å². The maximum absolute atomic E-state index is 5.03. The summed E-state index contributed by atoms with van der Waals surface area (Å²) in [7, 11) is 10.4. The second kappa shape index (κ2) is 13.4. The fourth-order valence-corrected chi connectivity index (χ4v) is 2.97. The Balaban J connectivity index is 0.000000163. The van der Waals surface area contributed by atoms with E-state index in [2.05, 4.69) is 97.1 Å². The average Bonchev–Trinajstić information content (AvgIpc) is 3.34. The van der Waals surface area contributed by atoms with Crippen LogP contribution in [0.2, 0.25) is 6.55 Å². The molecule has 0 amide bonds. The van der Waals surface area contributed by atoms with Crippen LogP contribution in [0, 0.1) is 0 Å². The first-order chi connectivity index (χ1) is 13.7. The molecule has 0 N–H and O–H groups in total. The van der Waals surface area contributed by atoms with Crippen LogP contribution in [0.1, 0.15) is 0 Å². The standard InChI is InChI=1S/C13H9.C9H7.CH3ClSi.2ClH.Zr/c1-3-7-12-10(5-1)9-11-6-2-4-8-13(11)12;1-2-5-9-7-3-6-8(9)4-1;1-3-2;;;/h1-9H;1-7H;1H3;2*1H;/q2*-1;;;;+4/p-2. The Hall–Kier alpha value is -0.890. The van der Waals surface area contributed by atoms with Gasteiger partial charge in [0.15, 0.2) is 8.83 Å². The number of halogens is 3. The molecule has 0 bridgehead atoms. The van der Waals surface area contributed by atoms with E-state index in [1.807, 2.05) is 6.55 Å². The fraction of sp³-hybridized carbons (Fsp3) is 0.0435. The van der Waals surface area contributed by atoms with E-state index in [0.29, 0.717) is 8.83 Å². The van der Waals surface area contributed by atoms with Gasteiger partial charge in [0.25, 0.3) is 0 Å². The third-order valence-corrected chi connectivity index (χ3v) is 4.07. The summed E-state index contributed by atoms with van der Waals surface area (Å²) in [5, 5.41) is 8.05. The molecule has 0 saturated carbocycles. The first kappa shape index (κ1) is 23.4. The fourth-order valence-electron chi connectivity index (χ4n) is 2.97. The van der Waals surface area contributed by atoms with E-state index in [4.69, 9.17) is 28.1 Å². The van der Waals surface area contributed by atoms with Gasteiger partial charge in [0.1, 0.15) is 0 Å². The van der Waals surface area contributed by atoms with E-state index in [-0.39, 0.29) is 0 Å². The van der Waals surface area contributed by atoms with Gasteiger partial charge in [0.05, 0.1) is 0 Å². The second-order valence-electron chi connectivity index (χ2n) is 5.73. The molecule has 0 aliphatic carbocycles. The van der Waals surface area contributed by atoms with Gasteiger partial charge >= 0.3 is 37.9 Å². The van der Waals surface area contributed by atoms with E-state index in [1.54, 1.807) is 0 Å². The van der Waals surface area contributed by atoms with Crippen molar-refractivity contribution in [2.45, 2.75) is 6.55 Å². The minimum atomic E-state index is -0.826. The molecule has 5 heteroatoms. The van der Waals surface area contributed by atoms with Crippen LogP contribution in [0.5, 0.6) is 0 Å². The van der Waals surface area contributed by atoms with Crippen LogP contribution < -0.4 is 0 Å². The molecule has 0 aliphatic rings. The predicted octanol–water partition coefficient (Wildman–Crippen LogP) is 8.54. The van der Waals surface area contributed by atoms with Crippen LogP contribution in [0.15, 0.2) is 97.1 Å². The summed E-state index contributed by atoms with van der Waals surface area (Å²) >= 11 is 4.20. The first-order valence-corrected chi connectivity index (χ1v) is 17.5. The topological polar surface area (TPSA) is 0 Å². The zero-order valence-corrected chi connectivity index (χ0v) is 21.1. The maximum atomic E-state index is 5.03. The summed E-state index contributed by atoms with van der Waals surface area (Å²) in [6, 6.07) is 33.9. The summed E-state index contributed by atoms with van der Waals surface area (Å²) in [5.41, 5.74) is 0. The molecule has 5 aromatic carbocycles. The number of hydrogen-bond donors (Lipinski definition) is 0. The Kier molecular flexibility index (Phi) is 11.2. The molecule has 0 aliphatic heterocycles. The minimum absolute atomic E-state index is 0.556. The summed E-state index contributed by atoms with van der Waals surface area (Å²) in [4.78, 5) is 0. The Morgan fingerprint density at radius 1 is 0.714 bits per heavy atom. The monoisotopic (exact) mass is 518 g/mol. The van der Waals surface area contributed by atoms with Crippen LogP contribution in [-0.4, -0.2) is 8.83 Å². The van der Waals surface area contributed by atoms with Crippen molar-refractivity contribution in [2.24, 2.45) is 0 Å². The summed E-state index contributed by atoms with van der Waals surface area (Å²) in [6.45, 7) is 1.92. The zero-order valence-electron chi connectivity index (χ0n) is 15.4. The van der Waals surface area contributed by atoms with Crippen molar-refractivity contribution >= 4 is 69.3 Å². The molecule has 0 spiro atoms. The van der Waals surface area contributed by atoms with Crippen molar-refractivity contribution in [3.05, 3.63) is 97.1 Å². The molecule has 0 unspecified atom stereocenters. The SMILES string of the molecule is C[Si]Cl.[Cl][Zr+2][Cl].c1ccc2[cH-]ccc2c1.c1ccc2c(c1)[cH-]c1ccccc12. The minimum Gasteiger partial charge on any atom is -0.168 e. The average molecular weight is 521 g/mol. The predicted molar refractivity (Wildman–Crippen MR) is 126 cm³/mol. The van der Waals surface area contributed by atoms with Crippen LogP contribution in [0.4, 0.5) is 0 Å². The van der Waals surface area contributed by atoms with E-state index in [9.17, 15) is 0 Å². The van der Waals surface area contributed by atoms with Crippen molar-refractivity contribution in [1.82, 2.24) is 0 Å². The third-order valence-electron chi connectivity index (χ3n) is 4.07. The van der Waals surface area contributed by atoms with Crippen LogP contribution in [-0.2, 0) is 20.8 Å². The van der Waals surface area contributed by atoms with Gasteiger partial charge in [0.2, 0.25) is 0 Å². The second-order valence-corrected chi connectivity index (χ2v) is 11.0. The third kappa shape index (κ3) is 6.87. The van der Waals surface area contributed by atoms with Gasteiger partial charge in [-0.1, -0.05) is 49.0 Å². The van der Waals surface area contributed by atoms with Crippen LogP contribution in [0.3, 0.4) is 0 Å². The molecular weight excluding hydrogens is 502 g/mol. The molecular formula is C23H19Cl3SiZr. The van der Waals surface area contributed by atoms with Gasteiger partial charge in [0, 0.05) is 0 Å². The number of rotatable bonds is 0. The maximum Gasteiger partial charge on any atom is -0.0771 e. The molecule has 5 aromatic rings. The van der Waals surface area contributed by atoms with Gasteiger partial charge in [-0.15, -0.1) is 69.4 Å². The largest absolute Gasteiger partial charge is 0.168 e. The molecule has 2 radical (unpaired) electrons. The number of hydrogen-bond acceptors (Lipinski definition) is 0.